The fourth-order valence-electron chi connectivity index (χ4n) is 2.43. The van der Waals surface area contributed by atoms with Crippen LogP contribution in [0, 0.1) is 0 Å². The molecule has 0 aromatic carbocycles. The van der Waals surface area contributed by atoms with Gasteiger partial charge in [0, 0.05) is 31.9 Å². The van der Waals surface area contributed by atoms with Crippen LogP contribution in [0.15, 0.2) is 0 Å². The molecule has 0 spiro atoms. The van der Waals surface area contributed by atoms with Crippen LogP contribution < -0.4 is 34.7 Å². The third-order valence-electron chi connectivity index (χ3n) is 3.81. The Labute approximate surface area is 158 Å². The van der Waals surface area contributed by atoms with Crippen molar-refractivity contribution in [2.75, 3.05) is 13.1 Å². The van der Waals surface area contributed by atoms with Crippen LogP contribution >= 0.6 is 0 Å². The molecule has 0 radical (unpaired) electrons. The molecule has 5 heteroatoms. The summed E-state index contributed by atoms with van der Waals surface area (Å²) < 4.78 is 0. The molecule has 0 aliphatic heterocycles. The van der Waals surface area contributed by atoms with Crippen molar-refractivity contribution >= 4 is 11.9 Å². The number of nitrogens with zero attached hydrogens (tertiary/aromatic N) is 1. The quantitative estimate of drug-likeness (QED) is 0.332. The molecule has 0 fully saturated rings. The standard InChI is InChI=1S/C17H33NO3.Na/c1-3-5-6-7-8-9-10-11-12-13-16(19)18(4-2)15-14-17(20)21;/h3-15H2,1-2H3,(H,20,21);/q;+1/p-1. The molecule has 0 aliphatic carbocycles. The van der Waals surface area contributed by atoms with Gasteiger partial charge in [0.15, 0.2) is 0 Å². The van der Waals surface area contributed by atoms with Gasteiger partial charge in [-0.25, -0.2) is 0 Å². The molecule has 0 heterocycles. The van der Waals surface area contributed by atoms with Crippen molar-refractivity contribution in [2.45, 2.75) is 84.5 Å². The van der Waals surface area contributed by atoms with Crippen LogP contribution in [0.1, 0.15) is 84.5 Å². The van der Waals surface area contributed by atoms with Crippen molar-refractivity contribution < 1.29 is 44.3 Å². The number of aliphatic carboxylic acids is 1. The van der Waals surface area contributed by atoms with E-state index in [0.717, 1.165) is 12.8 Å². The average Bonchev–Trinajstić information content (AvgIpc) is 2.46. The number of hydrogen-bond acceptors (Lipinski definition) is 3. The first-order chi connectivity index (χ1) is 10.1. The summed E-state index contributed by atoms with van der Waals surface area (Å²) in [6.45, 7) is 4.95. The van der Waals surface area contributed by atoms with Gasteiger partial charge in [-0.1, -0.05) is 58.3 Å². The average molecular weight is 321 g/mol. The Balaban J connectivity index is 0. The molecule has 124 valence electrons. The van der Waals surface area contributed by atoms with Gasteiger partial charge in [0.05, 0.1) is 0 Å². The van der Waals surface area contributed by atoms with E-state index in [1.54, 1.807) is 4.90 Å². The minimum absolute atomic E-state index is 0. The molecule has 0 saturated carbocycles. The van der Waals surface area contributed by atoms with Crippen LogP contribution in [0.5, 0.6) is 0 Å². The van der Waals surface area contributed by atoms with Crippen molar-refractivity contribution in [1.29, 1.82) is 0 Å². The zero-order chi connectivity index (χ0) is 15.9. The Morgan fingerprint density at radius 2 is 1.32 bits per heavy atom. The number of carboxylic acid groups (broad SMARTS) is 1. The third kappa shape index (κ3) is 14.9. The van der Waals surface area contributed by atoms with Crippen LogP contribution in [-0.2, 0) is 9.59 Å². The number of carbonyl (C=O) groups excluding carboxylic acids is 2. The van der Waals surface area contributed by atoms with E-state index in [0.29, 0.717) is 13.0 Å². The van der Waals surface area contributed by atoms with Gasteiger partial charge >= 0.3 is 29.6 Å². The van der Waals surface area contributed by atoms with Gasteiger partial charge in [-0.2, -0.15) is 0 Å². The van der Waals surface area contributed by atoms with Gasteiger partial charge in [0.25, 0.3) is 0 Å². The number of hydrogen-bond donors (Lipinski definition) is 0. The fourth-order valence-corrected chi connectivity index (χ4v) is 2.43. The normalized spacial score (nSPS) is 10.1. The molecule has 1 amide bonds. The second-order valence-electron chi connectivity index (χ2n) is 5.67. The van der Waals surface area contributed by atoms with Gasteiger partial charge in [-0.15, -0.1) is 0 Å². The molecule has 0 atom stereocenters. The number of carboxylic acids is 1. The Hall–Kier alpha value is -0.0600. The molecule has 0 saturated heterocycles. The van der Waals surface area contributed by atoms with Crippen molar-refractivity contribution in [2.24, 2.45) is 0 Å². The summed E-state index contributed by atoms with van der Waals surface area (Å²) in [5.74, 6) is -1.02. The predicted molar refractivity (Wildman–Crippen MR) is 83.7 cm³/mol. The van der Waals surface area contributed by atoms with Crippen molar-refractivity contribution in [3.63, 3.8) is 0 Å². The van der Waals surface area contributed by atoms with Gasteiger partial charge in [0.1, 0.15) is 0 Å². The monoisotopic (exact) mass is 321 g/mol. The second kappa shape index (κ2) is 17.3. The number of unbranched alkanes of at least 4 members (excludes halogenated alkanes) is 8. The molecule has 0 N–H and O–H groups in total. The Kier molecular flexibility index (Phi) is 19.0. The first kappa shape index (κ1) is 24.2. The van der Waals surface area contributed by atoms with Crippen LogP contribution in [0.3, 0.4) is 0 Å². The van der Waals surface area contributed by atoms with Crippen molar-refractivity contribution in [1.82, 2.24) is 4.90 Å². The van der Waals surface area contributed by atoms with E-state index in [-0.39, 0.29) is 48.4 Å². The van der Waals surface area contributed by atoms with E-state index in [9.17, 15) is 14.7 Å². The summed E-state index contributed by atoms with van der Waals surface area (Å²) in [4.78, 5) is 23.9. The molecule has 4 nitrogen and oxygen atoms in total. The van der Waals surface area contributed by atoms with Crippen LogP contribution in [0.4, 0.5) is 0 Å². The largest absolute Gasteiger partial charge is 1.00 e. The summed E-state index contributed by atoms with van der Waals surface area (Å²) in [6.07, 6.45) is 11.5. The van der Waals surface area contributed by atoms with E-state index in [1.807, 2.05) is 6.92 Å². The topological polar surface area (TPSA) is 60.4 Å². The zero-order valence-electron chi connectivity index (χ0n) is 14.9. The van der Waals surface area contributed by atoms with E-state index < -0.39 is 5.97 Å². The Morgan fingerprint density at radius 3 is 1.77 bits per heavy atom. The predicted octanol–water partition coefficient (Wildman–Crippen LogP) is -0.100. The minimum atomic E-state index is -1.09. The van der Waals surface area contributed by atoms with Gasteiger partial charge in [0.2, 0.25) is 5.91 Å². The smallest absolute Gasteiger partial charge is 0.550 e. The summed E-state index contributed by atoms with van der Waals surface area (Å²) in [5.41, 5.74) is 0. The maximum atomic E-state index is 11.9. The SMILES string of the molecule is CCCCCCCCCCCC(=O)N(CC)CCC(=O)[O-].[Na+]. The van der Waals surface area contributed by atoms with Crippen LogP contribution in [0.2, 0.25) is 0 Å². The number of rotatable bonds is 14. The zero-order valence-corrected chi connectivity index (χ0v) is 16.9. The minimum Gasteiger partial charge on any atom is -0.550 e. The second-order valence-corrected chi connectivity index (χ2v) is 5.67. The van der Waals surface area contributed by atoms with E-state index in [4.69, 9.17) is 0 Å². The molecule has 0 rings (SSSR count). The molecular formula is C17H32NNaO3. The summed E-state index contributed by atoms with van der Waals surface area (Å²) in [5, 5.41) is 10.4. The van der Waals surface area contributed by atoms with Gasteiger partial charge in [-0.05, 0) is 13.3 Å². The maximum Gasteiger partial charge on any atom is 1.00 e. The van der Waals surface area contributed by atoms with Crippen molar-refractivity contribution in [3.05, 3.63) is 0 Å². The van der Waals surface area contributed by atoms with E-state index in [1.165, 1.54) is 44.9 Å². The first-order valence-corrected chi connectivity index (χ1v) is 8.59. The molecule has 0 aromatic heterocycles. The molecule has 0 bridgehead atoms. The summed E-state index contributed by atoms with van der Waals surface area (Å²) in [7, 11) is 0. The Morgan fingerprint density at radius 1 is 0.818 bits per heavy atom. The Bertz CT molecular complexity index is 285. The molecule has 0 aromatic rings. The first-order valence-electron chi connectivity index (χ1n) is 8.59. The number of amides is 1. The molecular weight excluding hydrogens is 289 g/mol. The molecule has 22 heavy (non-hydrogen) atoms. The van der Waals surface area contributed by atoms with Crippen molar-refractivity contribution in [3.8, 4) is 0 Å². The van der Waals surface area contributed by atoms with Gasteiger partial charge in [-0.3, -0.25) is 4.79 Å². The van der Waals surface area contributed by atoms with E-state index >= 15 is 0 Å². The van der Waals surface area contributed by atoms with Crippen LogP contribution in [0.25, 0.3) is 0 Å². The third-order valence-corrected chi connectivity index (χ3v) is 3.81. The van der Waals surface area contributed by atoms with Gasteiger partial charge < -0.3 is 14.8 Å². The fraction of sp³-hybridized carbons (Fsp3) is 0.882. The van der Waals surface area contributed by atoms with Crippen LogP contribution in [-0.4, -0.2) is 29.9 Å². The molecule has 0 unspecified atom stereocenters. The summed E-state index contributed by atoms with van der Waals surface area (Å²) >= 11 is 0. The molecule has 0 aliphatic rings. The van der Waals surface area contributed by atoms with E-state index in [2.05, 4.69) is 6.92 Å². The summed E-state index contributed by atoms with van der Waals surface area (Å²) in [6, 6.07) is 0. The maximum absolute atomic E-state index is 11.9. The number of carbonyl (C=O) groups is 2.